The fraction of sp³-hybridized carbons (Fsp3) is 0.417. The molecule has 1 aromatic heterocycles. The van der Waals surface area contributed by atoms with Crippen LogP contribution in [0.1, 0.15) is 26.1 Å². The van der Waals surface area contributed by atoms with Crippen LogP contribution in [0, 0.1) is 17.6 Å². The van der Waals surface area contributed by atoms with Crippen molar-refractivity contribution in [3.63, 3.8) is 0 Å². The van der Waals surface area contributed by atoms with Gasteiger partial charge in [0, 0.05) is 6.42 Å². The number of hydrogen-bond donors (Lipinski definition) is 1. The first-order valence-corrected chi connectivity index (χ1v) is 5.40. The van der Waals surface area contributed by atoms with E-state index in [1.54, 1.807) is 0 Å². The van der Waals surface area contributed by atoms with Gasteiger partial charge in [-0.2, -0.15) is 0 Å². The molecule has 0 atom stereocenters. The molecule has 0 aliphatic carbocycles. The summed E-state index contributed by atoms with van der Waals surface area (Å²) >= 11 is 0. The second kappa shape index (κ2) is 4.20. The van der Waals surface area contributed by atoms with Crippen LogP contribution in [0.25, 0.3) is 11.0 Å². The number of aryl methyl sites for hydroxylation is 1. The van der Waals surface area contributed by atoms with Gasteiger partial charge in [-0.05, 0) is 24.5 Å². The molecule has 2 aromatic rings. The lowest BCUT2D eigenvalue weighted by molar-refractivity contribution is 0.515. The van der Waals surface area contributed by atoms with Crippen LogP contribution in [0.5, 0.6) is 0 Å². The topological polar surface area (TPSA) is 28.7 Å². The summed E-state index contributed by atoms with van der Waals surface area (Å²) in [7, 11) is 0. The highest BCUT2D eigenvalue weighted by Crippen LogP contribution is 2.19. The van der Waals surface area contributed by atoms with Crippen LogP contribution in [0.3, 0.4) is 0 Å². The summed E-state index contributed by atoms with van der Waals surface area (Å²) in [6, 6.07) is 2.63. The Morgan fingerprint density at radius 2 is 2.06 bits per heavy atom. The van der Waals surface area contributed by atoms with Crippen LogP contribution < -0.4 is 0 Å². The Hall–Kier alpha value is -1.45. The van der Waals surface area contributed by atoms with Gasteiger partial charge in [-0.15, -0.1) is 0 Å². The average molecular weight is 224 g/mol. The standard InChI is InChI=1S/C12H14F2N2/c1-7(2)3-6-10-15-9-5-4-8(13)11(14)12(9)16-10/h4-5,7H,3,6H2,1-2H3,(H,15,16). The van der Waals surface area contributed by atoms with E-state index >= 15 is 0 Å². The smallest absolute Gasteiger partial charge is 0.186 e. The summed E-state index contributed by atoms with van der Waals surface area (Å²) in [5.41, 5.74) is 0.649. The van der Waals surface area contributed by atoms with Crippen molar-refractivity contribution in [3.05, 3.63) is 29.6 Å². The van der Waals surface area contributed by atoms with Crippen LogP contribution in [0.15, 0.2) is 12.1 Å². The molecule has 1 aromatic carbocycles. The predicted molar refractivity (Wildman–Crippen MR) is 59.2 cm³/mol. The summed E-state index contributed by atoms with van der Waals surface area (Å²) in [5.74, 6) is -0.443. The zero-order valence-electron chi connectivity index (χ0n) is 9.35. The molecule has 0 fully saturated rings. The first kappa shape index (κ1) is 11.0. The van der Waals surface area contributed by atoms with Gasteiger partial charge in [-0.3, -0.25) is 0 Å². The molecule has 0 saturated carbocycles. The zero-order chi connectivity index (χ0) is 11.7. The highest BCUT2D eigenvalue weighted by molar-refractivity contribution is 5.75. The molecule has 16 heavy (non-hydrogen) atoms. The lowest BCUT2D eigenvalue weighted by Gasteiger charge is -2.00. The fourth-order valence-electron chi connectivity index (χ4n) is 1.61. The van der Waals surface area contributed by atoms with E-state index in [0.29, 0.717) is 17.3 Å². The van der Waals surface area contributed by atoms with Crippen molar-refractivity contribution in [3.8, 4) is 0 Å². The van der Waals surface area contributed by atoms with E-state index in [0.717, 1.165) is 18.9 Å². The third-order valence-corrected chi connectivity index (χ3v) is 2.55. The lowest BCUT2D eigenvalue weighted by atomic mass is 10.1. The Morgan fingerprint density at radius 3 is 2.75 bits per heavy atom. The Kier molecular flexibility index (Phi) is 2.90. The van der Waals surface area contributed by atoms with E-state index in [2.05, 4.69) is 23.8 Å². The van der Waals surface area contributed by atoms with E-state index in [-0.39, 0.29) is 5.52 Å². The van der Waals surface area contributed by atoms with Crippen molar-refractivity contribution in [2.75, 3.05) is 0 Å². The molecule has 0 spiro atoms. The van der Waals surface area contributed by atoms with E-state index in [9.17, 15) is 8.78 Å². The molecular weight excluding hydrogens is 210 g/mol. The van der Waals surface area contributed by atoms with Crippen molar-refractivity contribution < 1.29 is 8.78 Å². The van der Waals surface area contributed by atoms with Gasteiger partial charge >= 0.3 is 0 Å². The third-order valence-electron chi connectivity index (χ3n) is 2.55. The number of benzene rings is 1. The van der Waals surface area contributed by atoms with Crippen molar-refractivity contribution in [1.29, 1.82) is 0 Å². The Morgan fingerprint density at radius 1 is 1.31 bits per heavy atom. The molecular formula is C12H14F2N2. The van der Waals surface area contributed by atoms with Gasteiger partial charge in [0.25, 0.3) is 0 Å². The molecule has 0 bridgehead atoms. The van der Waals surface area contributed by atoms with Crippen LogP contribution >= 0.6 is 0 Å². The number of H-pyrrole nitrogens is 1. The van der Waals surface area contributed by atoms with E-state index < -0.39 is 11.6 Å². The minimum Gasteiger partial charge on any atom is -0.342 e. The fourth-order valence-corrected chi connectivity index (χ4v) is 1.61. The number of nitrogens with one attached hydrogen (secondary N) is 1. The summed E-state index contributed by atoms with van der Waals surface area (Å²) < 4.78 is 26.3. The number of aromatic nitrogens is 2. The molecule has 0 saturated heterocycles. The number of nitrogens with zero attached hydrogens (tertiary/aromatic N) is 1. The van der Waals surface area contributed by atoms with Crippen molar-refractivity contribution in [1.82, 2.24) is 9.97 Å². The van der Waals surface area contributed by atoms with Gasteiger partial charge in [-0.25, -0.2) is 13.8 Å². The highest BCUT2D eigenvalue weighted by Gasteiger charge is 2.11. The molecule has 0 unspecified atom stereocenters. The minimum absolute atomic E-state index is 0.0961. The Bertz CT molecular complexity index is 503. The summed E-state index contributed by atoms with van der Waals surface area (Å²) in [5, 5.41) is 0. The van der Waals surface area contributed by atoms with Gasteiger partial charge < -0.3 is 4.98 Å². The highest BCUT2D eigenvalue weighted by atomic mass is 19.2. The van der Waals surface area contributed by atoms with Gasteiger partial charge in [0.15, 0.2) is 11.6 Å². The average Bonchev–Trinajstić information content (AvgIpc) is 2.64. The number of fused-ring (bicyclic) bond motifs is 1. The summed E-state index contributed by atoms with van der Waals surface area (Å²) in [6.07, 6.45) is 1.73. The molecule has 1 heterocycles. The van der Waals surface area contributed by atoms with Crippen LogP contribution in [0.4, 0.5) is 8.78 Å². The maximum atomic E-state index is 13.4. The largest absolute Gasteiger partial charge is 0.342 e. The second-order valence-corrected chi connectivity index (χ2v) is 4.37. The predicted octanol–water partition coefficient (Wildman–Crippen LogP) is 3.43. The van der Waals surface area contributed by atoms with E-state index in [4.69, 9.17) is 0 Å². The van der Waals surface area contributed by atoms with Gasteiger partial charge in [0.2, 0.25) is 0 Å². The van der Waals surface area contributed by atoms with Gasteiger partial charge in [-0.1, -0.05) is 13.8 Å². The second-order valence-electron chi connectivity index (χ2n) is 4.37. The molecule has 86 valence electrons. The van der Waals surface area contributed by atoms with Crippen LogP contribution in [-0.2, 0) is 6.42 Å². The van der Waals surface area contributed by atoms with Gasteiger partial charge in [0.05, 0.1) is 5.52 Å². The molecule has 4 heteroatoms. The molecule has 0 amide bonds. The van der Waals surface area contributed by atoms with Gasteiger partial charge in [0.1, 0.15) is 11.3 Å². The van der Waals surface area contributed by atoms with Crippen molar-refractivity contribution >= 4 is 11.0 Å². The van der Waals surface area contributed by atoms with Crippen molar-refractivity contribution in [2.45, 2.75) is 26.7 Å². The number of imidazole rings is 1. The number of aromatic amines is 1. The normalized spacial score (nSPS) is 11.6. The molecule has 1 N–H and O–H groups in total. The Labute approximate surface area is 92.7 Å². The number of halogens is 2. The quantitative estimate of drug-likeness (QED) is 0.850. The van der Waals surface area contributed by atoms with Crippen LogP contribution in [0.2, 0.25) is 0 Å². The maximum absolute atomic E-state index is 13.4. The van der Waals surface area contributed by atoms with E-state index in [1.165, 1.54) is 6.07 Å². The number of hydrogen-bond acceptors (Lipinski definition) is 1. The SMILES string of the molecule is CC(C)CCc1nc2c(F)c(F)ccc2[nH]1. The molecule has 0 radical (unpaired) electrons. The van der Waals surface area contributed by atoms with Crippen molar-refractivity contribution in [2.24, 2.45) is 5.92 Å². The zero-order valence-corrected chi connectivity index (χ0v) is 9.35. The molecule has 2 nitrogen and oxygen atoms in total. The Balaban J connectivity index is 2.33. The third kappa shape index (κ3) is 2.05. The molecule has 0 aliphatic rings. The van der Waals surface area contributed by atoms with Crippen LogP contribution in [-0.4, -0.2) is 9.97 Å². The number of rotatable bonds is 3. The first-order chi connectivity index (χ1) is 7.58. The summed E-state index contributed by atoms with van der Waals surface area (Å²) in [6.45, 7) is 4.23. The molecule has 2 rings (SSSR count). The first-order valence-electron chi connectivity index (χ1n) is 5.40. The van der Waals surface area contributed by atoms with E-state index in [1.807, 2.05) is 0 Å². The maximum Gasteiger partial charge on any atom is 0.186 e. The monoisotopic (exact) mass is 224 g/mol. The minimum atomic E-state index is -0.871. The lowest BCUT2D eigenvalue weighted by Crippen LogP contribution is -1.93. The molecule has 0 aliphatic heterocycles. The summed E-state index contributed by atoms with van der Waals surface area (Å²) in [4.78, 5) is 7.08.